The van der Waals surface area contributed by atoms with Crippen molar-refractivity contribution in [3.05, 3.63) is 42.2 Å². The lowest BCUT2D eigenvalue weighted by Gasteiger charge is -2.03. The predicted molar refractivity (Wildman–Crippen MR) is 67.0 cm³/mol. The molecule has 1 amide bonds. The number of carbonyl (C=O) groups excluding carboxylic acids is 1. The number of para-hydroxylation sites is 1. The fourth-order valence-electron chi connectivity index (χ4n) is 1.39. The maximum Gasteiger partial charge on any atom is 0.250 e. The highest BCUT2D eigenvalue weighted by Crippen LogP contribution is 2.18. The molecule has 1 aromatic carbocycles. The highest BCUT2D eigenvalue weighted by molar-refractivity contribution is 6.01. The summed E-state index contributed by atoms with van der Waals surface area (Å²) in [6.07, 6.45) is 4.39. The van der Waals surface area contributed by atoms with Crippen LogP contribution < -0.4 is 10.1 Å². The second-order valence-electron chi connectivity index (χ2n) is 3.40. The number of H-pyrrole nitrogens is 1. The van der Waals surface area contributed by atoms with Gasteiger partial charge in [0.15, 0.2) is 0 Å². The molecule has 2 N–H and O–H groups in total. The first-order valence-electron chi connectivity index (χ1n) is 5.27. The summed E-state index contributed by atoms with van der Waals surface area (Å²) in [5, 5.41) is 8.70. The lowest BCUT2D eigenvalue weighted by atomic mass is 10.2. The molecule has 1 aromatic heterocycles. The number of rotatable bonds is 4. The number of anilines is 1. The minimum absolute atomic E-state index is 0.294. The number of carbonyl (C=O) groups is 1. The zero-order chi connectivity index (χ0) is 12.8. The van der Waals surface area contributed by atoms with E-state index < -0.39 is 0 Å². The number of hydrogen-bond donors (Lipinski definition) is 2. The normalized spacial score (nSPS) is 10.5. The van der Waals surface area contributed by atoms with Crippen molar-refractivity contribution in [1.29, 1.82) is 0 Å². The van der Waals surface area contributed by atoms with Crippen molar-refractivity contribution in [2.75, 3.05) is 12.4 Å². The molecule has 0 aliphatic heterocycles. The third-order valence-corrected chi connectivity index (χ3v) is 2.21. The van der Waals surface area contributed by atoms with Crippen LogP contribution in [0.2, 0.25) is 0 Å². The largest absolute Gasteiger partial charge is 0.496 e. The van der Waals surface area contributed by atoms with Gasteiger partial charge in [-0.25, -0.2) is 5.10 Å². The van der Waals surface area contributed by atoms with Gasteiger partial charge in [-0.15, -0.1) is 0 Å². The molecule has 0 atom stereocenters. The number of amides is 1. The molecule has 0 saturated carbocycles. The van der Waals surface area contributed by atoms with E-state index in [1.54, 1.807) is 13.2 Å². The Morgan fingerprint density at radius 2 is 2.28 bits per heavy atom. The van der Waals surface area contributed by atoms with Crippen molar-refractivity contribution in [2.45, 2.75) is 0 Å². The molecule has 0 radical (unpaired) electrons. The van der Waals surface area contributed by atoms with E-state index in [0.29, 0.717) is 11.7 Å². The summed E-state index contributed by atoms with van der Waals surface area (Å²) in [5.41, 5.74) is 0.827. The number of benzene rings is 1. The summed E-state index contributed by atoms with van der Waals surface area (Å²) in [7, 11) is 1.58. The summed E-state index contributed by atoms with van der Waals surface area (Å²) in [6.45, 7) is 0. The van der Waals surface area contributed by atoms with Gasteiger partial charge >= 0.3 is 0 Å². The van der Waals surface area contributed by atoms with Crippen LogP contribution in [0.5, 0.6) is 5.75 Å². The first-order valence-corrected chi connectivity index (χ1v) is 5.27. The minimum Gasteiger partial charge on any atom is -0.496 e. The number of nitrogens with one attached hydrogen (secondary N) is 2. The third kappa shape index (κ3) is 2.94. The zero-order valence-electron chi connectivity index (χ0n) is 9.75. The van der Waals surface area contributed by atoms with E-state index in [-0.39, 0.29) is 5.91 Å². The van der Waals surface area contributed by atoms with E-state index in [9.17, 15) is 4.79 Å². The van der Waals surface area contributed by atoms with Gasteiger partial charge < -0.3 is 4.74 Å². The SMILES string of the molecule is COc1ccccc1/C=C/C(=O)Nc1ncn[nH]1. The summed E-state index contributed by atoms with van der Waals surface area (Å²) in [5.74, 6) is 0.726. The Morgan fingerprint density at radius 3 is 3.00 bits per heavy atom. The average molecular weight is 244 g/mol. The number of methoxy groups -OCH3 is 1. The van der Waals surface area contributed by atoms with Crippen LogP contribution in [0.3, 0.4) is 0 Å². The molecule has 0 spiro atoms. The van der Waals surface area contributed by atoms with E-state index in [0.717, 1.165) is 5.56 Å². The number of hydrogen-bond acceptors (Lipinski definition) is 4. The quantitative estimate of drug-likeness (QED) is 0.798. The van der Waals surface area contributed by atoms with E-state index in [1.807, 2.05) is 24.3 Å². The van der Waals surface area contributed by atoms with Crippen molar-refractivity contribution >= 4 is 17.9 Å². The lowest BCUT2D eigenvalue weighted by molar-refractivity contribution is -0.111. The predicted octanol–water partition coefficient (Wildman–Crippen LogP) is 1.47. The Hall–Kier alpha value is -2.63. The monoisotopic (exact) mass is 244 g/mol. The van der Waals surface area contributed by atoms with Gasteiger partial charge in [-0.05, 0) is 12.1 Å². The minimum atomic E-state index is -0.294. The third-order valence-electron chi connectivity index (χ3n) is 2.21. The molecule has 2 aromatic rings. The van der Waals surface area contributed by atoms with E-state index >= 15 is 0 Å². The molecule has 1 heterocycles. The molecule has 0 saturated heterocycles. The molecule has 0 bridgehead atoms. The van der Waals surface area contributed by atoms with Crippen molar-refractivity contribution in [1.82, 2.24) is 15.2 Å². The van der Waals surface area contributed by atoms with Crippen molar-refractivity contribution < 1.29 is 9.53 Å². The van der Waals surface area contributed by atoms with Gasteiger partial charge in [0.1, 0.15) is 12.1 Å². The van der Waals surface area contributed by atoms with Crippen LogP contribution in [0.25, 0.3) is 6.08 Å². The van der Waals surface area contributed by atoms with Gasteiger partial charge in [-0.2, -0.15) is 10.1 Å². The van der Waals surface area contributed by atoms with Gasteiger partial charge in [0.05, 0.1) is 7.11 Å². The zero-order valence-corrected chi connectivity index (χ0v) is 9.75. The Morgan fingerprint density at radius 1 is 1.44 bits per heavy atom. The van der Waals surface area contributed by atoms with Gasteiger partial charge in [0.25, 0.3) is 5.91 Å². The van der Waals surface area contributed by atoms with E-state index in [1.165, 1.54) is 12.4 Å². The van der Waals surface area contributed by atoms with Gasteiger partial charge in [0, 0.05) is 11.6 Å². The molecule has 0 fully saturated rings. The molecular weight excluding hydrogens is 232 g/mol. The number of ether oxygens (including phenoxy) is 1. The molecule has 92 valence electrons. The fourth-order valence-corrected chi connectivity index (χ4v) is 1.39. The number of aromatic nitrogens is 3. The molecule has 0 aliphatic carbocycles. The maximum absolute atomic E-state index is 11.6. The van der Waals surface area contributed by atoms with Crippen molar-refractivity contribution in [3.63, 3.8) is 0 Å². The van der Waals surface area contributed by atoms with Crippen LogP contribution in [-0.4, -0.2) is 28.2 Å². The maximum atomic E-state index is 11.6. The van der Waals surface area contributed by atoms with E-state index in [2.05, 4.69) is 20.5 Å². The highest BCUT2D eigenvalue weighted by Gasteiger charge is 2.01. The molecule has 0 unspecified atom stereocenters. The summed E-state index contributed by atoms with van der Waals surface area (Å²) >= 11 is 0. The van der Waals surface area contributed by atoms with Crippen LogP contribution >= 0.6 is 0 Å². The second-order valence-corrected chi connectivity index (χ2v) is 3.40. The lowest BCUT2D eigenvalue weighted by Crippen LogP contribution is -2.09. The van der Waals surface area contributed by atoms with Crippen LogP contribution in [0.15, 0.2) is 36.7 Å². The van der Waals surface area contributed by atoms with Gasteiger partial charge in [-0.3, -0.25) is 10.1 Å². The molecule has 6 nitrogen and oxygen atoms in total. The first-order chi connectivity index (χ1) is 8.79. The van der Waals surface area contributed by atoms with E-state index in [4.69, 9.17) is 4.74 Å². The molecule has 0 aliphatic rings. The number of nitrogens with zero attached hydrogens (tertiary/aromatic N) is 2. The number of aromatic amines is 1. The van der Waals surface area contributed by atoms with Crippen LogP contribution in [0.4, 0.5) is 5.95 Å². The Labute approximate surface area is 104 Å². The molecular formula is C12H12N4O2. The first kappa shape index (κ1) is 11.8. The Kier molecular flexibility index (Phi) is 3.70. The average Bonchev–Trinajstić information content (AvgIpc) is 2.89. The van der Waals surface area contributed by atoms with Crippen LogP contribution in [0.1, 0.15) is 5.56 Å². The summed E-state index contributed by atoms with van der Waals surface area (Å²) < 4.78 is 5.17. The van der Waals surface area contributed by atoms with Crippen LogP contribution in [0, 0.1) is 0 Å². The molecule has 6 heteroatoms. The van der Waals surface area contributed by atoms with Crippen LogP contribution in [-0.2, 0) is 4.79 Å². The fraction of sp³-hybridized carbons (Fsp3) is 0.0833. The summed E-state index contributed by atoms with van der Waals surface area (Å²) in [4.78, 5) is 15.3. The topological polar surface area (TPSA) is 79.9 Å². The Bertz CT molecular complexity index is 549. The molecule has 2 rings (SSSR count). The standard InChI is InChI=1S/C12H12N4O2/c1-18-10-5-3-2-4-9(10)6-7-11(17)15-12-13-8-14-16-12/h2-8H,1H3,(H2,13,14,15,16,17)/b7-6+. The highest BCUT2D eigenvalue weighted by atomic mass is 16.5. The smallest absolute Gasteiger partial charge is 0.250 e. The molecule has 18 heavy (non-hydrogen) atoms. The van der Waals surface area contributed by atoms with Gasteiger partial charge in [-0.1, -0.05) is 18.2 Å². The van der Waals surface area contributed by atoms with Gasteiger partial charge in [0.2, 0.25) is 5.95 Å². The summed E-state index contributed by atoms with van der Waals surface area (Å²) in [6, 6.07) is 7.42. The Balaban J connectivity index is 2.04. The van der Waals surface area contributed by atoms with Crippen molar-refractivity contribution in [2.24, 2.45) is 0 Å². The van der Waals surface area contributed by atoms with Crippen molar-refractivity contribution in [3.8, 4) is 5.75 Å². The second kappa shape index (κ2) is 5.62.